The van der Waals surface area contributed by atoms with Crippen LogP contribution < -0.4 is 4.72 Å². The average molecular weight is 412 g/mol. The first-order valence-corrected chi connectivity index (χ1v) is 10.8. The molecule has 0 saturated carbocycles. The number of aromatic nitrogens is 3. The van der Waals surface area contributed by atoms with Gasteiger partial charge in [-0.25, -0.2) is 13.4 Å². The normalized spacial score (nSPS) is 11.9. The highest BCUT2D eigenvalue weighted by atomic mass is 32.2. The first-order valence-electron chi connectivity index (χ1n) is 8.32. The lowest BCUT2D eigenvalue weighted by molar-refractivity contribution is 0.580. The minimum Gasteiger partial charge on any atom is -0.463 e. The van der Waals surface area contributed by atoms with Gasteiger partial charge in [0.25, 0.3) is 10.0 Å². The van der Waals surface area contributed by atoms with Crippen LogP contribution in [0.5, 0.6) is 0 Å². The summed E-state index contributed by atoms with van der Waals surface area (Å²) in [6.07, 6.45) is 3.11. The number of benzene rings is 1. The van der Waals surface area contributed by atoms with E-state index in [0.717, 1.165) is 11.0 Å². The Kier molecular flexibility index (Phi) is 4.84. The Morgan fingerprint density at radius 1 is 1.18 bits per heavy atom. The molecule has 3 aromatic heterocycles. The minimum atomic E-state index is -3.72. The molecule has 1 aromatic carbocycles. The number of thiazole rings is 1. The molecule has 0 amide bonds. The van der Waals surface area contributed by atoms with Crippen LogP contribution in [0.25, 0.3) is 22.7 Å². The van der Waals surface area contributed by atoms with E-state index in [1.54, 1.807) is 25.3 Å². The molecule has 0 unspecified atom stereocenters. The SMILES string of the molecule is Cc1cc(NS(=O)(=O)/C=C/c2ccccc2)n(-c2nc(-c3ccco3)cs2)n1. The van der Waals surface area contributed by atoms with Crippen molar-refractivity contribution in [1.82, 2.24) is 14.8 Å². The molecule has 1 N–H and O–H groups in total. The lowest BCUT2D eigenvalue weighted by Gasteiger charge is -2.05. The summed E-state index contributed by atoms with van der Waals surface area (Å²) in [5.74, 6) is 0.954. The standard InChI is InChI=1S/C19H16N4O3S2/c1-14-12-18(22-28(24,25)11-9-15-6-3-2-4-7-15)23(21-14)19-20-16(13-27-19)17-8-5-10-26-17/h2-13,22H,1H3/b11-9+. The van der Waals surface area contributed by atoms with Crippen molar-refractivity contribution in [1.29, 1.82) is 0 Å². The fourth-order valence-electron chi connectivity index (χ4n) is 2.53. The number of aryl methyl sites for hydroxylation is 1. The van der Waals surface area contributed by atoms with Gasteiger partial charge >= 0.3 is 0 Å². The van der Waals surface area contributed by atoms with E-state index in [0.29, 0.717) is 28.1 Å². The zero-order valence-corrected chi connectivity index (χ0v) is 16.4. The molecule has 0 aliphatic carbocycles. The van der Waals surface area contributed by atoms with Crippen LogP contribution in [-0.4, -0.2) is 23.2 Å². The van der Waals surface area contributed by atoms with Gasteiger partial charge < -0.3 is 4.42 Å². The number of nitrogens with zero attached hydrogens (tertiary/aromatic N) is 3. The van der Waals surface area contributed by atoms with Crippen LogP contribution in [0.3, 0.4) is 0 Å². The highest BCUT2D eigenvalue weighted by molar-refractivity contribution is 7.95. The second-order valence-corrected chi connectivity index (χ2v) is 8.34. The number of rotatable bonds is 6. The quantitative estimate of drug-likeness (QED) is 0.510. The van der Waals surface area contributed by atoms with Crippen LogP contribution in [0.1, 0.15) is 11.3 Å². The number of sulfonamides is 1. The summed E-state index contributed by atoms with van der Waals surface area (Å²) in [5.41, 5.74) is 2.12. The molecule has 142 valence electrons. The van der Waals surface area contributed by atoms with Gasteiger partial charge in [0.05, 0.1) is 17.4 Å². The van der Waals surface area contributed by atoms with E-state index in [1.807, 2.05) is 41.8 Å². The maximum absolute atomic E-state index is 12.5. The topological polar surface area (TPSA) is 90.0 Å². The Labute approximate surface area is 166 Å². The highest BCUT2D eigenvalue weighted by Gasteiger charge is 2.16. The maximum Gasteiger partial charge on any atom is 0.256 e. The second-order valence-electron chi connectivity index (χ2n) is 5.94. The van der Waals surface area contributed by atoms with Gasteiger partial charge in [0.15, 0.2) is 5.76 Å². The van der Waals surface area contributed by atoms with Crippen molar-refractivity contribution < 1.29 is 12.8 Å². The van der Waals surface area contributed by atoms with Gasteiger partial charge in [-0.05, 0) is 30.7 Å². The van der Waals surface area contributed by atoms with E-state index in [-0.39, 0.29) is 0 Å². The molecule has 0 saturated heterocycles. The molecule has 28 heavy (non-hydrogen) atoms. The molecule has 3 heterocycles. The minimum absolute atomic E-state index is 0.315. The Bertz CT molecular complexity index is 1210. The smallest absolute Gasteiger partial charge is 0.256 e. The number of furan rings is 1. The molecule has 0 aliphatic heterocycles. The van der Waals surface area contributed by atoms with Gasteiger partial charge in [-0.1, -0.05) is 30.3 Å². The van der Waals surface area contributed by atoms with Gasteiger partial charge in [0, 0.05) is 11.4 Å². The summed E-state index contributed by atoms with van der Waals surface area (Å²) in [6, 6.07) is 14.5. The van der Waals surface area contributed by atoms with Gasteiger partial charge in [0.2, 0.25) is 5.13 Å². The predicted octanol–water partition coefficient (Wildman–Crippen LogP) is 4.31. The maximum atomic E-state index is 12.5. The van der Waals surface area contributed by atoms with E-state index in [2.05, 4.69) is 14.8 Å². The summed E-state index contributed by atoms with van der Waals surface area (Å²) < 4.78 is 34.3. The van der Waals surface area contributed by atoms with Crippen LogP contribution in [0.2, 0.25) is 0 Å². The molecule has 9 heteroatoms. The van der Waals surface area contributed by atoms with E-state index in [9.17, 15) is 8.42 Å². The van der Waals surface area contributed by atoms with Crippen LogP contribution in [0.4, 0.5) is 5.82 Å². The van der Waals surface area contributed by atoms with Gasteiger partial charge in [-0.2, -0.15) is 9.78 Å². The molecule has 0 spiro atoms. The van der Waals surface area contributed by atoms with Crippen molar-refractivity contribution in [3.63, 3.8) is 0 Å². The Balaban J connectivity index is 1.60. The zero-order valence-electron chi connectivity index (χ0n) is 14.8. The van der Waals surface area contributed by atoms with Gasteiger partial charge in [0.1, 0.15) is 11.5 Å². The zero-order chi connectivity index (χ0) is 19.6. The molecule has 4 rings (SSSR count). The number of hydrogen-bond acceptors (Lipinski definition) is 6. The first kappa shape index (κ1) is 18.2. The third-order valence-electron chi connectivity index (χ3n) is 3.76. The highest BCUT2D eigenvalue weighted by Crippen LogP contribution is 2.27. The fourth-order valence-corrected chi connectivity index (χ4v) is 4.15. The van der Waals surface area contributed by atoms with E-state index >= 15 is 0 Å². The van der Waals surface area contributed by atoms with Crippen molar-refractivity contribution in [2.24, 2.45) is 0 Å². The summed E-state index contributed by atoms with van der Waals surface area (Å²) in [7, 11) is -3.72. The molecular formula is C19H16N4O3S2. The summed E-state index contributed by atoms with van der Waals surface area (Å²) in [6.45, 7) is 1.79. The molecular weight excluding hydrogens is 396 g/mol. The predicted molar refractivity (Wildman–Crippen MR) is 110 cm³/mol. The Morgan fingerprint density at radius 3 is 2.75 bits per heavy atom. The Morgan fingerprint density at radius 2 is 2.00 bits per heavy atom. The van der Waals surface area contributed by atoms with Crippen LogP contribution >= 0.6 is 11.3 Å². The Hall–Kier alpha value is -3.17. The molecule has 0 bridgehead atoms. The van der Waals surface area contributed by atoms with Crippen molar-refractivity contribution in [2.75, 3.05) is 4.72 Å². The lowest BCUT2D eigenvalue weighted by Crippen LogP contribution is -2.12. The molecule has 0 aliphatic rings. The summed E-state index contributed by atoms with van der Waals surface area (Å²) in [5, 5.41) is 7.85. The fraction of sp³-hybridized carbons (Fsp3) is 0.0526. The van der Waals surface area contributed by atoms with Crippen LogP contribution in [0.15, 0.2) is 70.0 Å². The largest absolute Gasteiger partial charge is 0.463 e. The molecule has 7 nitrogen and oxygen atoms in total. The van der Waals surface area contributed by atoms with E-state index in [1.165, 1.54) is 22.1 Å². The number of anilines is 1. The van der Waals surface area contributed by atoms with Crippen molar-refractivity contribution in [3.8, 4) is 16.6 Å². The third-order valence-corrected chi connectivity index (χ3v) is 5.57. The molecule has 4 aromatic rings. The van der Waals surface area contributed by atoms with Crippen molar-refractivity contribution in [2.45, 2.75) is 6.92 Å². The monoisotopic (exact) mass is 412 g/mol. The van der Waals surface area contributed by atoms with Crippen LogP contribution in [0, 0.1) is 6.92 Å². The third kappa shape index (κ3) is 4.05. The summed E-state index contributed by atoms with van der Waals surface area (Å²) >= 11 is 1.34. The molecule has 0 radical (unpaired) electrons. The second kappa shape index (κ2) is 7.45. The lowest BCUT2D eigenvalue weighted by atomic mass is 10.2. The van der Waals surface area contributed by atoms with Gasteiger partial charge in [-0.3, -0.25) is 4.72 Å². The van der Waals surface area contributed by atoms with E-state index in [4.69, 9.17) is 4.42 Å². The van der Waals surface area contributed by atoms with Gasteiger partial charge in [-0.15, -0.1) is 11.3 Å². The van der Waals surface area contributed by atoms with Crippen molar-refractivity contribution in [3.05, 3.63) is 76.8 Å². The van der Waals surface area contributed by atoms with Crippen molar-refractivity contribution >= 4 is 33.3 Å². The van der Waals surface area contributed by atoms with E-state index < -0.39 is 10.0 Å². The number of nitrogens with one attached hydrogen (secondary N) is 1. The first-order chi connectivity index (χ1) is 13.5. The molecule has 0 fully saturated rings. The average Bonchev–Trinajstić information content (AvgIpc) is 3.41. The summed E-state index contributed by atoms with van der Waals surface area (Å²) in [4.78, 5) is 4.49. The molecule has 0 atom stereocenters. The number of hydrogen-bond donors (Lipinski definition) is 1. The van der Waals surface area contributed by atoms with Crippen LogP contribution in [-0.2, 0) is 10.0 Å².